The molecule has 1 unspecified atom stereocenters. The smallest absolute Gasteiger partial charge is 0.148 e. The molecule has 2 aromatic rings. The van der Waals surface area contributed by atoms with E-state index < -0.39 is 0 Å². The molecule has 1 saturated carbocycles. The van der Waals surface area contributed by atoms with Crippen LogP contribution in [0.3, 0.4) is 0 Å². The summed E-state index contributed by atoms with van der Waals surface area (Å²) >= 11 is 3.51. The molecule has 3 heteroatoms. The van der Waals surface area contributed by atoms with Crippen molar-refractivity contribution in [1.29, 1.82) is 0 Å². The van der Waals surface area contributed by atoms with Gasteiger partial charge in [-0.05, 0) is 46.8 Å². The zero-order chi connectivity index (χ0) is 11.8. The molecule has 0 bridgehead atoms. The quantitative estimate of drug-likeness (QED) is 0.892. The Morgan fingerprint density at radius 3 is 2.76 bits per heavy atom. The molecule has 17 heavy (non-hydrogen) atoms. The minimum Gasteiger partial charge on any atom is -0.458 e. The number of para-hydroxylation sites is 1. The van der Waals surface area contributed by atoms with Gasteiger partial charge in [0.05, 0.1) is 10.5 Å². The van der Waals surface area contributed by atoms with Gasteiger partial charge in [0, 0.05) is 5.39 Å². The Morgan fingerprint density at radius 2 is 2.06 bits per heavy atom. The van der Waals surface area contributed by atoms with Gasteiger partial charge in [-0.1, -0.05) is 25.0 Å². The van der Waals surface area contributed by atoms with Gasteiger partial charge in [0.1, 0.15) is 11.3 Å². The summed E-state index contributed by atoms with van der Waals surface area (Å²) in [6.07, 6.45) is 5.09. The highest BCUT2D eigenvalue weighted by Crippen LogP contribution is 2.37. The molecule has 1 aromatic carbocycles. The zero-order valence-corrected chi connectivity index (χ0v) is 11.2. The maximum absolute atomic E-state index is 6.31. The summed E-state index contributed by atoms with van der Waals surface area (Å²) in [4.78, 5) is 0. The van der Waals surface area contributed by atoms with Gasteiger partial charge < -0.3 is 10.2 Å². The standard InChI is InChI=1S/C14H16BrNO/c15-11-7-3-6-10-8-12(17-14(10)11)13(16)9-4-1-2-5-9/h3,6-9,13H,1-2,4-5,16H2. The predicted molar refractivity (Wildman–Crippen MR) is 72.8 cm³/mol. The highest BCUT2D eigenvalue weighted by atomic mass is 79.9. The van der Waals surface area contributed by atoms with Crippen molar-refractivity contribution in [1.82, 2.24) is 0 Å². The number of fused-ring (bicyclic) bond motifs is 1. The third-order valence-electron chi connectivity index (χ3n) is 3.75. The summed E-state index contributed by atoms with van der Waals surface area (Å²) in [5, 5.41) is 1.13. The van der Waals surface area contributed by atoms with Crippen LogP contribution in [0.25, 0.3) is 11.0 Å². The summed E-state index contributed by atoms with van der Waals surface area (Å²) in [7, 11) is 0. The first-order valence-corrected chi connectivity index (χ1v) is 6.98. The van der Waals surface area contributed by atoms with E-state index in [1.165, 1.54) is 25.7 Å². The van der Waals surface area contributed by atoms with Crippen molar-refractivity contribution in [3.63, 3.8) is 0 Å². The lowest BCUT2D eigenvalue weighted by molar-refractivity contribution is 0.380. The SMILES string of the molecule is NC(c1cc2cccc(Br)c2o1)C1CCCC1. The van der Waals surface area contributed by atoms with E-state index in [0.717, 1.165) is 21.2 Å². The molecule has 1 aromatic heterocycles. The molecule has 1 fully saturated rings. The predicted octanol–water partition coefficient (Wildman–Crippen LogP) is 4.39. The van der Waals surface area contributed by atoms with E-state index in [9.17, 15) is 0 Å². The monoisotopic (exact) mass is 293 g/mol. The summed E-state index contributed by atoms with van der Waals surface area (Å²) in [5.41, 5.74) is 7.22. The molecule has 1 aliphatic rings. The number of furan rings is 1. The lowest BCUT2D eigenvalue weighted by Crippen LogP contribution is -2.18. The number of benzene rings is 1. The Kier molecular flexibility index (Phi) is 2.97. The van der Waals surface area contributed by atoms with Crippen molar-refractivity contribution in [2.75, 3.05) is 0 Å². The topological polar surface area (TPSA) is 39.2 Å². The molecule has 0 aliphatic heterocycles. The van der Waals surface area contributed by atoms with Gasteiger partial charge >= 0.3 is 0 Å². The van der Waals surface area contributed by atoms with E-state index in [0.29, 0.717) is 5.92 Å². The van der Waals surface area contributed by atoms with Gasteiger partial charge in [0.25, 0.3) is 0 Å². The highest BCUT2D eigenvalue weighted by Gasteiger charge is 2.25. The number of nitrogens with two attached hydrogens (primary N) is 1. The molecule has 2 nitrogen and oxygen atoms in total. The molecule has 0 saturated heterocycles. The summed E-state index contributed by atoms with van der Waals surface area (Å²) in [6, 6.07) is 8.22. The first-order valence-electron chi connectivity index (χ1n) is 6.19. The van der Waals surface area contributed by atoms with E-state index in [1.807, 2.05) is 12.1 Å². The second kappa shape index (κ2) is 4.46. The van der Waals surface area contributed by atoms with Gasteiger partial charge in [0.2, 0.25) is 0 Å². The van der Waals surface area contributed by atoms with Gasteiger partial charge in [-0.25, -0.2) is 0 Å². The van der Waals surface area contributed by atoms with Gasteiger partial charge in [-0.3, -0.25) is 0 Å². The number of halogens is 1. The van der Waals surface area contributed by atoms with Crippen LogP contribution in [-0.4, -0.2) is 0 Å². The van der Waals surface area contributed by atoms with Crippen LogP contribution in [0.1, 0.15) is 37.5 Å². The molecule has 1 atom stereocenters. The first-order chi connectivity index (χ1) is 8.25. The van der Waals surface area contributed by atoms with Crippen molar-refractivity contribution in [2.24, 2.45) is 11.7 Å². The fraction of sp³-hybridized carbons (Fsp3) is 0.429. The third kappa shape index (κ3) is 2.02. The molecular weight excluding hydrogens is 278 g/mol. The van der Waals surface area contributed by atoms with Crippen LogP contribution >= 0.6 is 15.9 Å². The van der Waals surface area contributed by atoms with E-state index in [2.05, 4.69) is 28.1 Å². The fourth-order valence-electron chi connectivity index (χ4n) is 2.76. The molecule has 90 valence electrons. The van der Waals surface area contributed by atoms with E-state index in [-0.39, 0.29) is 6.04 Å². The third-order valence-corrected chi connectivity index (χ3v) is 4.38. The van der Waals surface area contributed by atoms with Crippen LogP contribution in [0.5, 0.6) is 0 Å². The van der Waals surface area contributed by atoms with Crippen LogP contribution in [0.15, 0.2) is 33.2 Å². The van der Waals surface area contributed by atoms with Crippen molar-refractivity contribution in [3.8, 4) is 0 Å². The molecule has 3 rings (SSSR count). The molecule has 0 amide bonds. The summed E-state index contributed by atoms with van der Waals surface area (Å²) < 4.78 is 6.90. The molecular formula is C14H16BrNO. The maximum Gasteiger partial charge on any atom is 0.148 e. The molecule has 2 N–H and O–H groups in total. The van der Waals surface area contributed by atoms with Crippen LogP contribution in [0, 0.1) is 5.92 Å². The molecule has 1 heterocycles. The minimum absolute atomic E-state index is 0.0526. The zero-order valence-electron chi connectivity index (χ0n) is 9.66. The Labute approximate surface area is 109 Å². The highest BCUT2D eigenvalue weighted by molar-refractivity contribution is 9.10. The van der Waals surface area contributed by atoms with E-state index >= 15 is 0 Å². The summed E-state index contributed by atoms with van der Waals surface area (Å²) in [6.45, 7) is 0. The maximum atomic E-state index is 6.31. The van der Waals surface area contributed by atoms with E-state index in [1.54, 1.807) is 0 Å². The number of rotatable bonds is 2. The Morgan fingerprint density at radius 1 is 1.29 bits per heavy atom. The average molecular weight is 294 g/mol. The summed E-state index contributed by atoms with van der Waals surface area (Å²) in [5.74, 6) is 1.52. The van der Waals surface area contributed by atoms with Crippen molar-refractivity contribution < 1.29 is 4.42 Å². The van der Waals surface area contributed by atoms with Crippen molar-refractivity contribution in [3.05, 3.63) is 34.5 Å². The second-order valence-corrected chi connectivity index (χ2v) is 5.73. The largest absolute Gasteiger partial charge is 0.458 e. The van der Waals surface area contributed by atoms with E-state index in [4.69, 9.17) is 10.2 Å². The number of hydrogen-bond donors (Lipinski definition) is 1. The Hall–Kier alpha value is -0.800. The normalized spacial score (nSPS) is 18.9. The lowest BCUT2D eigenvalue weighted by Gasteiger charge is -2.15. The van der Waals surface area contributed by atoms with Gasteiger partial charge in [0.15, 0.2) is 0 Å². The van der Waals surface area contributed by atoms with Crippen LogP contribution < -0.4 is 5.73 Å². The fourth-order valence-corrected chi connectivity index (χ4v) is 3.22. The Bertz CT molecular complexity index is 528. The molecule has 0 spiro atoms. The average Bonchev–Trinajstić information content (AvgIpc) is 2.98. The minimum atomic E-state index is 0.0526. The van der Waals surface area contributed by atoms with Crippen LogP contribution in [0.4, 0.5) is 0 Å². The molecule has 0 radical (unpaired) electrons. The first kappa shape index (κ1) is 11.3. The Balaban J connectivity index is 1.97. The number of hydrogen-bond acceptors (Lipinski definition) is 2. The van der Waals surface area contributed by atoms with Crippen LogP contribution in [-0.2, 0) is 0 Å². The van der Waals surface area contributed by atoms with Gasteiger partial charge in [-0.15, -0.1) is 0 Å². The van der Waals surface area contributed by atoms with Gasteiger partial charge in [-0.2, -0.15) is 0 Å². The van der Waals surface area contributed by atoms with Crippen molar-refractivity contribution in [2.45, 2.75) is 31.7 Å². The second-order valence-electron chi connectivity index (χ2n) is 4.88. The van der Waals surface area contributed by atoms with Crippen LogP contribution in [0.2, 0.25) is 0 Å². The van der Waals surface area contributed by atoms with Crippen molar-refractivity contribution >= 4 is 26.9 Å². The lowest BCUT2D eigenvalue weighted by atomic mass is 9.97. The molecule has 1 aliphatic carbocycles.